The smallest absolute Gasteiger partial charge is 0.226 e. The summed E-state index contributed by atoms with van der Waals surface area (Å²) in [6, 6.07) is 0. The minimum absolute atomic E-state index is 0.525. The lowest BCUT2D eigenvalue weighted by Gasteiger charge is -2.05. The number of hydrogen-bond acceptors (Lipinski definition) is 2. The van der Waals surface area contributed by atoms with Crippen molar-refractivity contribution in [3.63, 3.8) is 0 Å². The highest BCUT2D eigenvalue weighted by atomic mass is 35.5. The number of halogens is 5. The summed E-state index contributed by atoms with van der Waals surface area (Å²) in [5.41, 5.74) is 0. The molecule has 0 unspecified atom stereocenters. The second-order valence-corrected chi connectivity index (χ2v) is 2.48. The van der Waals surface area contributed by atoms with Crippen LogP contribution in [0.1, 0.15) is 0 Å². The molecule has 2 nitrogen and oxygen atoms in total. The average molecular weight is 199 g/mol. The van der Waals surface area contributed by atoms with Crippen molar-refractivity contribution in [2.24, 2.45) is 0 Å². The van der Waals surface area contributed by atoms with Gasteiger partial charge in [0.25, 0.3) is 0 Å². The highest BCUT2D eigenvalue weighted by Gasteiger charge is 2.31. The maximum Gasteiger partial charge on any atom is 0.549 e. The Labute approximate surface area is 64.7 Å². The van der Waals surface area contributed by atoms with E-state index in [0.717, 1.165) is 0 Å². The third kappa shape index (κ3) is 8.29. The van der Waals surface area contributed by atoms with Gasteiger partial charge >= 0.3 is 6.36 Å². The molecule has 0 heterocycles. The minimum Gasteiger partial charge on any atom is -0.226 e. The van der Waals surface area contributed by atoms with Crippen molar-refractivity contribution < 1.29 is 22.9 Å². The van der Waals surface area contributed by atoms with Crippen molar-refractivity contribution in [2.45, 2.75) is 11.2 Å². The molecule has 0 aromatic rings. The molecule has 0 fully saturated rings. The molecule has 0 atom stereocenters. The van der Waals surface area contributed by atoms with Gasteiger partial charge in [0.2, 0.25) is 0 Å². The molecule has 7 heteroatoms. The Kier molecular flexibility index (Phi) is 4.35. The van der Waals surface area contributed by atoms with Crippen molar-refractivity contribution >= 4 is 23.2 Å². The fourth-order valence-electron chi connectivity index (χ4n) is 0.152. The lowest BCUT2D eigenvalue weighted by atomic mass is 10.9. The predicted molar refractivity (Wildman–Crippen MR) is 28.6 cm³/mol. The quantitative estimate of drug-likeness (QED) is 0.394. The zero-order valence-electron chi connectivity index (χ0n) is 4.49. The molecule has 0 bridgehead atoms. The molecule has 0 N–H and O–H groups in total. The molecule has 0 amide bonds. The summed E-state index contributed by atoms with van der Waals surface area (Å²) >= 11 is 10.00. The van der Waals surface area contributed by atoms with Crippen LogP contribution in [-0.4, -0.2) is 17.8 Å². The standard InChI is InChI=1S/C3H3Cl2F3O2/c4-2(5)1-9-10-3(6,7)8/h2H,1H2. The first kappa shape index (κ1) is 10.3. The highest BCUT2D eigenvalue weighted by molar-refractivity contribution is 6.44. The average Bonchev–Trinajstić information content (AvgIpc) is 1.59. The molecule has 0 saturated heterocycles. The Morgan fingerprint density at radius 2 is 1.80 bits per heavy atom. The molecular weight excluding hydrogens is 196 g/mol. The van der Waals surface area contributed by atoms with Crippen LogP contribution in [0.25, 0.3) is 0 Å². The van der Waals surface area contributed by atoms with E-state index in [2.05, 4.69) is 9.78 Å². The second kappa shape index (κ2) is 4.23. The van der Waals surface area contributed by atoms with Crippen LogP contribution in [0.3, 0.4) is 0 Å². The van der Waals surface area contributed by atoms with Crippen LogP contribution in [0, 0.1) is 0 Å². The van der Waals surface area contributed by atoms with Gasteiger partial charge in [-0.1, -0.05) is 0 Å². The minimum atomic E-state index is -4.80. The summed E-state index contributed by atoms with van der Waals surface area (Å²) < 4.78 is 33.2. The van der Waals surface area contributed by atoms with Crippen LogP contribution in [0.2, 0.25) is 0 Å². The van der Waals surface area contributed by atoms with Crippen LogP contribution < -0.4 is 0 Å². The second-order valence-electron chi connectivity index (χ2n) is 1.20. The van der Waals surface area contributed by atoms with Gasteiger partial charge in [0.1, 0.15) is 11.4 Å². The maximum atomic E-state index is 11.1. The summed E-state index contributed by atoms with van der Waals surface area (Å²) in [6.07, 6.45) is -4.80. The van der Waals surface area contributed by atoms with Crippen LogP contribution in [0.15, 0.2) is 0 Å². The highest BCUT2D eigenvalue weighted by Crippen LogP contribution is 2.17. The zero-order chi connectivity index (χ0) is 8.20. The van der Waals surface area contributed by atoms with Crippen molar-refractivity contribution in [3.8, 4) is 0 Å². The van der Waals surface area contributed by atoms with Crippen molar-refractivity contribution in [3.05, 3.63) is 0 Å². The molecule has 0 aromatic carbocycles. The predicted octanol–water partition coefficient (Wildman–Crippen LogP) is 2.26. The van der Waals surface area contributed by atoms with Gasteiger partial charge in [0.05, 0.1) is 0 Å². The fraction of sp³-hybridized carbons (Fsp3) is 1.00. The Hall–Kier alpha value is 0.290. The molecular formula is C3H3Cl2F3O2. The summed E-state index contributed by atoms with van der Waals surface area (Å²) in [7, 11) is 0. The summed E-state index contributed by atoms with van der Waals surface area (Å²) in [4.78, 5) is 5.42. The summed E-state index contributed by atoms with van der Waals surface area (Å²) in [5.74, 6) is 0. The summed E-state index contributed by atoms with van der Waals surface area (Å²) in [5, 5.41) is 0. The van der Waals surface area contributed by atoms with E-state index in [9.17, 15) is 13.2 Å². The van der Waals surface area contributed by atoms with E-state index in [-0.39, 0.29) is 0 Å². The van der Waals surface area contributed by atoms with Crippen molar-refractivity contribution in [1.82, 2.24) is 0 Å². The van der Waals surface area contributed by atoms with Gasteiger partial charge < -0.3 is 0 Å². The van der Waals surface area contributed by atoms with Crippen LogP contribution >= 0.6 is 23.2 Å². The fourth-order valence-corrected chi connectivity index (χ4v) is 0.255. The Bertz CT molecular complexity index is 94.2. The lowest BCUT2D eigenvalue weighted by molar-refractivity contribution is -0.483. The molecule has 0 spiro atoms. The normalized spacial score (nSPS) is 12.6. The molecule has 0 rings (SSSR count). The third-order valence-electron chi connectivity index (χ3n) is 0.347. The Morgan fingerprint density at radius 1 is 1.30 bits per heavy atom. The van der Waals surface area contributed by atoms with Gasteiger partial charge in [-0.25, -0.2) is 4.89 Å². The van der Waals surface area contributed by atoms with Crippen LogP contribution in [-0.2, 0) is 9.78 Å². The molecule has 0 aliphatic rings. The Balaban J connectivity index is 3.21. The first-order valence-corrected chi connectivity index (χ1v) is 2.94. The van der Waals surface area contributed by atoms with Gasteiger partial charge in [-0.2, -0.15) is 0 Å². The lowest BCUT2D eigenvalue weighted by Crippen LogP contribution is -2.16. The first-order valence-electron chi connectivity index (χ1n) is 2.07. The van der Waals surface area contributed by atoms with Gasteiger partial charge in [-0.15, -0.1) is 41.3 Å². The third-order valence-corrected chi connectivity index (χ3v) is 0.599. The molecule has 0 saturated carbocycles. The van der Waals surface area contributed by atoms with E-state index in [1.807, 2.05) is 0 Å². The van der Waals surface area contributed by atoms with Crippen molar-refractivity contribution in [1.29, 1.82) is 0 Å². The monoisotopic (exact) mass is 198 g/mol. The van der Waals surface area contributed by atoms with Gasteiger partial charge in [0.15, 0.2) is 0 Å². The van der Waals surface area contributed by atoms with Gasteiger partial charge in [-0.3, -0.25) is 0 Å². The van der Waals surface area contributed by atoms with Crippen molar-refractivity contribution in [2.75, 3.05) is 6.61 Å². The summed E-state index contributed by atoms with van der Waals surface area (Å²) in [6.45, 7) is -0.525. The molecule has 0 aromatic heterocycles. The van der Waals surface area contributed by atoms with E-state index in [0.29, 0.717) is 0 Å². The zero-order valence-corrected chi connectivity index (χ0v) is 6.00. The molecule has 62 valence electrons. The van der Waals surface area contributed by atoms with Crippen LogP contribution in [0.4, 0.5) is 13.2 Å². The van der Waals surface area contributed by atoms with E-state index >= 15 is 0 Å². The SMILES string of the molecule is FC(F)(F)OOCC(Cl)Cl. The van der Waals surface area contributed by atoms with Crippen LogP contribution in [0.5, 0.6) is 0 Å². The largest absolute Gasteiger partial charge is 0.549 e. The van der Waals surface area contributed by atoms with Gasteiger partial charge in [0, 0.05) is 0 Å². The number of rotatable bonds is 3. The van der Waals surface area contributed by atoms with E-state index in [4.69, 9.17) is 23.2 Å². The number of alkyl halides is 5. The first-order chi connectivity index (χ1) is 4.42. The molecule has 0 aliphatic carbocycles. The molecule has 10 heavy (non-hydrogen) atoms. The molecule has 0 radical (unpaired) electrons. The topological polar surface area (TPSA) is 18.5 Å². The maximum absolute atomic E-state index is 11.1. The van der Waals surface area contributed by atoms with E-state index in [1.165, 1.54) is 0 Å². The Morgan fingerprint density at radius 3 is 2.10 bits per heavy atom. The molecule has 0 aliphatic heterocycles. The van der Waals surface area contributed by atoms with Gasteiger partial charge in [-0.05, 0) is 0 Å². The number of hydrogen-bond donors (Lipinski definition) is 0. The van der Waals surface area contributed by atoms with E-state index < -0.39 is 17.8 Å². The van der Waals surface area contributed by atoms with E-state index in [1.54, 1.807) is 0 Å².